The molecule has 2 N–H and O–H groups in total. The number of rotatable bonds is 5. The number of pyridine rings is 1. The molecule has 3 aromatic rings. The van der Waals surface area contributed by atoms with E-state index in [2.05, 4.69) is 15.6 Å². The van der Waals surface area contributed by atoms with Crippen LogP contribution in [0.4, 0.5) is 11.4 Å². The molecule has 4 rings (SSSR count). The van der Waals surface area contributed by atoms with Gasteiger partial charge in [-0.3, -0.25) is 14.6 Å². The normalized spacial score (nSPS) is 15.3. The van der Waals surface area contributed by atoms with Gasteiger partial charge in [0.05, 0.1) is 17.8 Å². The standard InChI is InChI=1S/C23H19N3O3/c27-22(15-21-23(28)26-19-9-1-2-10-20(19)29-21)25-18-8-5-6-16(14-18)11-12-17-7-3-4-13-24-17/h1-14,21H,15H2,(H,25,27)(H,26,28)/b12-11+/t21-/m0/s1. The number of amides is 2. The van der Waals surface area contributed by atoms with Gasteiger partial charge >= 0.3 is 0 Å². The summed E-state index contributed by atoms with van der Waals surface area (Å²) in [6.45, 7) is 0. The molecule has 6 nitrogen and oxygen atoms in total. The summed E-state index contributed by atoms with van der Waals surface area (Å²) in [7, 11) is 0. The van der Waals surface area contributed by atoms with E-state index in [-0.39, 0.29) is 18.2 Å². The Balaban J connectivity index is 1.39. The molecule has 0 aliphatic carbocycles. The van der Waals surface area contributed by atoms with Crippen molar-refractivity contribution >= 4 is 35.3 Å². The van der Waals surface area contributed by atoms with Gasteiger partial charge in [0.25, 0.3) is 5.91 Å². The second kappa shape index (κ2) is 8.39. The van der Waals surface area contributed by atoms with Crippen molar-refractivity contribution in [3.8, 4) is 5.75 Å². The number of carbonyl (C=O) groups is 2. The topological polar surface area (TPSA) is 80.3 Å². The molecule has 2 aromatic carbocycles. The highest BCUT2D eigenvalue weighted by Crippen LogP contribution is 2.29. The molecular weight excluding hydrogens is 366 g/mol. The van der Waals surface area contributed by atoms with Gasteiger partial charge in [0.1, 0.15) is 5.75 Å². The van der Waals surface area contributed by atoms with Gasteiger partial charge in [-0.05, 0) is 48.0 Å². The third-order valence-corrected chi connectivity index (χ3v) is 4.38. The molecule has 0 radical (unpaired) electrons. The van der Waals surface area contributed by atoms with E-state index in [1.807, 2.05) is 60.7 Å². The van der Waals surface area contributed by atoms with E-state index in [0.29, 0.717) is 17.1 Å². The van der Waals surface area contributed by atoms with Crippen LogP contribution in [0.5, 0.6) is 5.75 Å². The monoisotopic (exact) mass is 385 g/mol. The highest BCUT2D eigenvalue weighted by Gasteiger charge is 2.29. The van der Waals surface area contributed by atoms with Gasteiger partial charge in [-0.1, -0.05) is 36.4 Å². The van der Waals surface area contributed by atoms with Gasteiger partial charge in [0.15, 0.2) is 6.10 Å². The number of anilines is 2. The van der Waals surface area contributed by atoms with Crippen molar-refractivity contribution in [3.63, 3.8) is 0 Å². The van der Waals surface area contributed by atoms with Crippen molar-refractivity contribution in [1.82, 2.24) is 4.98 Å². The summed E-state index contributed by atoms with van der Waals surface area (Å²) >= 11 is 0. The summed E-state index contributed by atoms with van der Waals surface area (Å²) in [6.07, 6.45) is 4.62. The van der Waals surface area contributed by atoms with Crippen molar-refractivity contribution in [3.05, 3.63) is 84.2 Å². The largest absolute Gasteiger partial charge is 0.478 e. The molecule has 1 aliphatic heterocycles. The van der Waals surface area contributed by atoms with Gasteiger partial charge in [-0.2, -0.15) is 0 Å². The van der Waals surface area contributed by atoms with Crippen molar-refractivity contribution in [2.75, 3.05) is 10.6 Å². The maximum Gasteiger partial charge on any atom is 0.266 e. The van der Waals surface area contributed by atoms with E-state index in [4.69, 9.17) is 4.74 Å². The summed E-state index contributed by atoms with van der Waals surface area (Å²) in [5, 5.41) is 5.59. The predicted octanol–water partition coefficient (Wildman–Crippen LogP) is 3.98. The molecule has 1 aliphatic rings. The minimum atomic E-state index is -0.864. The molecule has 29 heavy (non-hydrogen) atoms. The van der Waals surface area contributed by atoms with E-state index in [0.717, 1.165) is 11.3 Å². The Morgan fingerprint density at radius 1 is 1.07 bits per heavy atom. The lowest BCUT2D eigenvalue weighted by Gasteiger charge is -2.25. The fourth-order valence-corrected chi connectivity index (χ4v) is 2.98. The first-order valence-corrected chi connectivity index (χ1v) is 9.23. The minimum absolute atomic E-state index is 0.0752. The second-order valence-electron chi connectivity index (χ2n) is 6.56. The Morgan fingerprint density at radius 2 is 1.93 bits per heavy atom. The van der Waals surface area contributed by atoms with Crippen LogP contribution in [0.2, 0.25) is 0 Å². The fourth-order valence-electron chi connectivity index (χ4n) is 2.98. The molecule has 6 heteroatoms. The molecule has 1 aromatic heterocycles. The summed E-state index contributed by atoms with van der Waals surface area (Å²) in [5.41, 5.74) is 3.04. The number of carbonyl (C=O) groups excluding carboxylic acids is 2. The van der Waals surface area contributed by atoms with Gasteiger partial charge in [-0.15, -0.1) is 0 Å². The van der Waals surface area contributed by atoms with Crippen LogP contribution in [0.15, 0.2) is 72.9 Å². The zero-order chi connectivity index (χ0) is 20.1. The molecule has 2 heterocycles. The van der Waals surface area contributed by atoms with Crippen molar-refractivity contribution in [2.45, 2.75) is 12.5 Å². The molecule has 144 valence electrons. The number of nitrogens with one attached hydrogen (secondary N) is 2. The number of para-hydroxylation sites is 2. The van der Waals surface area contributed by atoms with E-state index in [1.54, 1.807) is 24.4 Å². The van der Waals surface area contributed by atoms with Crippen LogP contribution in [-0.2, 0) is 9.59 Å². The first-order valence-electron chi connectivity index (χ1n) is 9.23. The highest BCUT2D eigenvalue weighted by molar-refractivity contribution is 6.02. The lowest BCUT2D eigenvalue weighted by atomic mass is 10.1. The van der Waals surface area contributed by atoms with Gasteiger partial charge in [0, 0.05) is 11.9 Å². The first-order chi connectivity index (χ1) is 14.2. The highest BCUT2D eigenvalue weighted by atomic mass is 16.5. The SMILES string of the molecule is O=C(C[C@@H]1Oc2ccccc2NC1=O)Nc1cccc(/C=C/c2ccccn2)c1. The molecule has 0 unspecified atom stereocenters. The van der Waals surface area contributed by atoms with Crippen LogP contribution in [0, 0.1) is 0 Å². The molecule has 0 saturated heterocycles. The number of fused-ring (bicyclic) bond motifs is 1. The third kappa shape index (κ3) is 4.68. The van der Waals surface area contributed by atoms with Gasteiger partial charge in [0.2, 0.25) is 5.91 Å². The molecule has 0 saturated carbocycles. The quantitative estimate of drug-likeness (QED) is 0.696. The zero-order valence-electron chi connectivity index (χ0n) is 15.5. The molecule has 1 atom stereocenters. The number of benzene rings is 2. The Kier molecular flexibility index (Phi) is 5.33. The van der Waals surface area contributed by atoms with E-state index >= 15 is 0 Å². The average molecular weight is 385 g/mol. The maximum atomic E-state index is 12.4. The average Bonchev–Trinajstić information content (AvgIpc) is 2.74. The number of ether oxygens (including phenoxy) is 1. The summed E-state index contributed by atoms with van der Waals surface area (Å²) in [4.78, 5) is 28.9. The zero-order valence-corrected chi connectivity index (χ0v) is 15.5. The Labute approximate surface area is 168 Å². The number of hydrogen-bond acceptors (Lipinski definition) is 4. The van der Waals surface area contributed by atoms with Crippen LogP contribution in [0.3, 0.4) is 0 Å². The van der Waals surface area contributed by atoms with Crippen LogP contribution in [-0.4, -0.2) is 22.9 Å². The van der Waals surface area contributed by atoms with Crippen molar-refractivity contribution in [1.29, 1.82) is 0 Å². The number of hydrogen-bond donors (Lipinski definition) is 2. The minimum Gasteiger partial charge on any atom is -0.478 e. The predicted molar refractivity (Wildman–Crippen MR) is 112 cm³/mol. The maximum absolute atomic E-state index is 12.4. The Hall–Kier alpha value is -3.93. The number of aromatic nitrogens is 1. The molecule has 0 spiro atoms. The lowest BCUT2D eigenvalue weighted by Crippen LogP contribution is -2.39. The van der Waals surface area contributed by atoms with Crippen LogP contribution in [0.1, 0.15) is 17.7 Å². The molecular formula is C23H19N3O3. The molecule has 0 bridgehead atoms. The van der Waals surface area contributed by atoms with E-state index in [9.17, 15) is 9.59 Å². The lowest BCUT2D eigenvalue weighted by molar-refractivity contribution is -0.128. The van der Waals surface area contributed by atoms with E-state index < -0.39 is 6.10 Å². The fraction of sp³-hybridized carbons (Fsp3) is 0.0870. The molecule has 2 amide bonds. The van der Waals surface area contributed by atoms with Crippen molar-refractivity contribution < 1.29 is 14.3 Å². The summed E-state index contributed by atoms with van der Waals surface area (Å²) in [6, 6.07) is 20.3. The van der Waals surface area contributed by atoms with Gasteiger partial charge in [-0.25, -0.2) is 0 Å². The van der Waals surface area contributed by atoms with Crippen molar-refractivity contribution in [2.24, 2.45) is 0 Å². The first kappa shape index (κ1) is 18.4. The Morgan fingerprint density at radius 3 is 2.79 bits per heavy atom. The van der Waals surface area contributed by atoms with E-state index in [1.165, 1.54) is 0 Å². The number of nitrogens with zero attached hydrogens (tertiary/aromatic N) is 1. The summed E-state index contributed by atoms with van der Waals surface area (Å²) < 4.78 is 5.67. The van der Waals surface area contributed by atoms with Crippen LogP contribution in [0.25, 0.3) is 12.2 Å². The second-order valence-corrected chi connectivity index (χ2v) is 6.56. The smallest absolute Gasteiger partial charge is 0.266 e. The summed E-state index contributed by atoms with van der Waals surface area (Å²) in [5.74, 6) is -0.0622. The van der Waals surface area contributed by atoms with Gasteiger partial charge < -0.3 is 15.4 Å². The van der Waals surface area contributed by atoms with Crippen LogP contribution < -0.4 is 15.4 Å². The Bertz CT molecular complexity index is 1060. The molecule has 0 fully saturated rings. The third-order valence-electron chi connectivity index (χ3n) is 4.38. The van der Waals surface area contributed by atoms with Crippen LogP contribution >= 0.6 is 0 Å².